The maximum Gasteiger partial charge on any atom is 0.0447 e. The van der Waals surface area contributed by atoms with Crippen LogP contribution in [0.1, 0.15) is 36.6 Å². The summed E-state index contributed by atoms with van der Waals surface area (Å²) in [5.74, 6) is 0. The number of likely N-dealkylation sites (N-methyl/N-ethyl adjacent to an activating group) is 1. The zero-order chi connectivity index (χ0) is 15.4. The number of hydrogen-bond acceptors (Lipinski definition) is 3. The first-order chi connectivity index (χ1) is 9.99. The van der Waals surface area contributed by atoms with Gasteiger partial charge < -0.3 is 5.32 Å². The van der Waals surface area contributed by atoms with E-state index in [1.54, 1.807) is 0 Å². The Morgan fingerprint density at radius 2 is 1.57 bits per heavy atom. The van der Waals surface area contributed by atoms with Crippen LogP contribution in [0.25, 0.3) is 0 Å². The second kappa shape index (κ2) is 7.39. The maximum atomic E-state index is 3.50. The first-order valence-electron chi connectivity index (χ1n) is 8.21. The Balaban J connectivity index is 1.97. The van der Waals surface area contributed by atoms with E-state index in [4.69, 9.17) is 0 Å². The van der Waals surface area contributed by atoms with Crippen molar-refractivity contribution in [3.63, 3.8) is 0 Å². The Morgan fingerprint density at radius 3 is 2.05 bits per heavy atom. The molecule has 1 heterocycles. The fraction of sp³-hybridized carbons (Fsp3) is 0.667. The molecule has 0 aromatic heterocycles. The smallest absolute Gasteiger partial charge is 0.0447 e. The summed E-state index contributed by atoms with van der Waals surface area (Å²) in [5, 5.41) is 3.50. The monoisotopic (exact) mass is 289 g/mol. The van der Waals surface area contributed by atoms with Crippen molar-refractivity contribution in [3.05, 3.63) is 34.9 Å². The molecule has 1 fully saturated rings. The minimum absolute atomic E-state index is 0.425. The van der Waals surface area contributed by atoms with Crippen LogP contribution in [-0.4, -0.2) is 55.6 Å². The predicted molar refractivity (Wildman–Crippen MR) is 90.9 cm³/mol. The van der Waals surface area contributed by atoms with Crippen molar-refractivity contribution in [2.24, 2.45) is 0 Å². The van der Waals surface area contributed by atoms with Crippen LogP contribution < -0.4 is 5.32 Å². The molecule has 1 aliphatic rings. The molecule has 1 atom stereocenters. The van der Waals surface area contributed by atoms with Gasteiger partial charge in [0.15, 0.2) is 0 Å². The van der Waals surface area contributed by atoms with Crippen molar-refractivity contribution in [2.75, 3.05) is 39.8 Å². The Kier molecular flexibility index (Phi) is 5.80. The molecule has 1 aliphatic heterocycles. The third-order valence-corrected chi connectivity index (χ3v) is 4.57. The quantitative estimate of drug-likeness (QED) is 0.899. The van der Waals surface area contributed by atoms with E-state index in [9.17, 15) is 0 Å². The van der Waals surface area contributed by atoms with Crippen molar-refractivity contribution in [1.82, 2.24) is 15.1 Å². The number of nitrogens with one attached hydrogen (secondary N) is 1. The minimum Gasteiger partial charge on any atom is -0.312 e. The van der Waals surface area contributed by atoms with Gasteiger partial charge in [0, 0.05) is 44.8 Å². The van der Waals surface area contributed by atoms with Crippen LogP contribution in [0.4, 0.5) is 0 Å². The van der Waals surface area contributed by atoms with Gasteiger partial charge in [0.1, 0.15) is 0 Å². The highest BCUT2D eigenvalue weighted by atomic mass is 15.3. The van der Waals surface area contributed by atoms with Crippen molar-refractivity contribution in [2.45, 2.75) is 39.8 Å². The SMILES string of the molecule is CNC(CN1CCN(C(C)C)CC1)c1cc(C)cc(C)c1. The average Bonchev–Trinajstić information content (AvgIpc) is 2.44. The molecule has 1 saturated heterocycles. The number of hydrogen-bond donors (Lipinski definition) is 1. The number of rotatable bonds is 5. The van der Waals surface area contributed by atoms with Crippen LogP contribution in [-0.2, 0) is 0 Å². The van der Waals surface area contributed by atoms with Crippen molar-refractivity contribution < 1.29 is 0 Å². The number of aryl methyl sites for hydroxylation is 2. The number of nitrogens with zero attached hydrogens (tertiary/aromatic N) is 2. The molecule has 0 aliphatic carbocycles. The van der Waals surface area contributed by atoms with Gasteiger partial charge in [-0.15, -0.1) is 0 Å². The van der Waals surface area contributed by atoms with E-state index < -0.39 is 0 Å². The van der Waals surface area contributed by atoms with Crippen molar-refractivity contribution in [3.8, 4) is 0 Å². The molecule has 118 valence electrons. The summed E-state index contributed by atoms with van der Waals surface area (Å²) >= 11 is 0. The van der Waals surface area contributed by atoms with Crippen LogP contribution in [0.5, 0.6) is 0 Å². The molecule has 2 rings (SSSR count). The Labute approximate surface area is 130 Å². The summed E-state index contributed by atoms with van der Waals surface area (Å²) in [4.78, 5) is 5.17. The largest absolute Gasteiger partial charge is 0.312 e. The Bertz CT molecular complexity index is 428. The second-order valence-corrected chi connectivity index (χ2v) is 6.69. The summed E-state index contributed by atoms with van der Waals surface area (Å²) in [5.41, 5.74) is 4.13. The average molecular weight is 289 g/mol. The summed E-state index contributed by atoms with van der Waals surface area (Å²) in [6.45, 7) is 14.8. The lowest BCUT2D eigenvalue weighted by Gasteiger charge is -2.38. The van der Waals surface area contributed by atoms with Gasteiger partial charge in [0.2, 0.25) is 0 Å². The molecule has 1 aromatic carbocycles. The summed E-state index contributed by atoms with van der Waals surface area (Å²) < 4.78 is 0. The van der Waals surface area contributed by atoms with Crippen LogP contribution in [0, 0.1) is 13.8 Å². The number of piperazine rings is 1. The van der Waals surface area contributed by atoms with Crippen molar-refractivity contribution in [1.29, 1.82) is 0 Å². The Morgan fingerprint density at radius 1 is 1.00 bits per heavy atom. The first kappa shape index (κ1) is 16.5. The first-order valence-corrected chi connectivity index (χ1v) is 8.21. The molecule has 0 amide bonds. The van der Waals surface area contributed by atoms with Gasteiger partial charge in [-0.2, -0.15) is 0 Å². The fourth-order valence-corrected chi connectivity index (χ4v) is 3.29. The third-order valence-electron chi connectivity index (χ3n) is 4.57. The minimum atomic E-state index is 0.425. The Hall–Kier alpha value is -0.900. The van der Waals surface area contributed by atoms with E-state index in [-0.39, 0.29) is 0 Å². The summed E-state index contributed by atoms with van der Waals surface area (Å²) in [7, 11) is 2.08. The lowest BCUT2D eigenvalue weighted by Crippen LogP contribution is -2.50. The molecule has 1 N–H and O–H groups in total. The van der Waals surface area contributed by atoms with E-state index in [1.165, 1.54) is 42.9 Å². The van der Waals surface area contributed by atoms with E-state index in [1.807, 2.05) is 0 Å². The standard InChI is InChI=1S/C18H31N3/c1-14(2)21-8-6-20(7-9-21)13-18(19-5)17-11-15(3)10-16(4)12-17/h10-12,14,18-19H,6-9,13H2,1-5H3. The van der Waals surface area contributed by atoms with E-state index in [0.717, 1.165) is 6.54 Å². The number of benzene rings is 1. The molecule has 1 unspecified atom stereocenters. The van der Waals surface area contributed by atoms with Gasteiger partial charge in [-0.3, -0.25) is 9.80 Å². The lowest BCUT2D eigenvalue weighted by atomic mass is 10.0. The molecule has 0 saturated carbocycles. The van der Waals surface area contributed by atoms with Gasteiger partial charge in [-0.25, -0.2) is 0 Å². The molecule has 3 nitrogen and oxygen atoms in total. The van der Waals surface area contributed by atoms with E-state index >= 15 is 0 Å². The molecule has 1 aromatic rings. The van der Waals surface area contributed by atoms with Crippen LogP contribution >= 0.6 is 0 Å². The molecule has 0 radical (unpaired) electrons. The van der Waals surface area contributed by atoms with E-state index in [0.29, 0.717) is 12.1 Å². The van der Waals surface area contributed by atoms with Crippen LogP contribution in [0.3, 0.4) is 0 Å². The lowest BCUT2D eigenvalue weighted by molar-refractivity contribution is 0.102. The summed E-state index contributed by atoms with van der Waals surface area (Å²) in [6.07, 6.45) is 0. The molecular formula is C18H31N3. The molecule has 21 heavy (non-hydrogen) atoms. The zero-order valence-corrected chi connectivity index (χ0v) is 14.3. The molecular weight excluding hydrogens is 258 g/mol. The van der Waals surface area contributed by atoms with Crippen LogP contribution in [0.2, 0.25) is 0 Å². The molecule has 3 heteroatoms. The topological polar surface area (TPSA) is 18.5 Å². The third kappa shape index (κ3) is 4.53. The van der Waals surface area contributed by atoms with Gasteiger partial charge in [0.05, 0.1) is 0 Å². The van der Waals surface area contributed by atoms with Gasteiger partial charge in [-0.05, 0) is 40.3 Å². The highest BCUT2D eigenvalue weighted by Crippen LogP contribution is 2.19. The second-order valence-electron chi connectivity index (χ2n) is 6.69. The maximum absolute atomic E-state index is 3.50. The summed E-state index contributed by atoms with van der Waals surface area (Å²) in [6, 6.07) is 7.98. The predicted octanol–water partition coefficient (Wildman–Crippen LogP) is 2.59. The molecule has 0 spiro atoms. The van der Waals surface area contributed by atoms with Gasteiger partial charge in [-0.1, -0.05) is 29.3 Å². The highest BCUT2D eigenvalue weighted by molar-refractivity contribution is 5.30. The van der Waals surface area contributed by atoms with Gasteiger partial charge in [0.25, 0.3) is 0 Å². The highest BCUT2D eigenvalue weighted by Gasteiger charge is 2.21. The van der Waals surface area contributed by atoms with Gasteiger partial charge >= 0.3 is 0 Å². The zero-order valence-electron chi connectivity index (χ0n) is 14.3. The van der Waals surface area contributed by atoms with E-state index in [2.05, 4.69) is 68.1 Å². The normalized spacial score (nSPS) is 19.1. The van der Waals surface area contributed by atoms with Crippen LogP contribution in [0.15, 0.2) is 18.2 Å². The molecule has 0 bridgehead atoms. The van der Waals surface area contributed by atoms with Crippen molar-refractivity contribution >= 4 is 0 Å². The fourth-order valence-electron chi connectivity index (χ4n) is 3.29.